The van der Waals surface area contributed by atoms with Gasteiger partial charge in [-0.15, -0.1) is 0 Å². The molecule has 0 radical (unpaired) electrons. The van der Waals surface area contributed by atoms with Gasteiger partial charge in [-0.1, -0.05) is 6.92 Å². The van der Waals surface area contributed by atoms with Crippen molar-refractivity contribution in [3.05, 3.63) is 0 Å². The monoisotopic (exact) mass is 269 g/mol. The molecular formula is C15H31N3O. The van der Waals surface area contributed by atoms with E-state index in [-0.39, 0.29) is 5.54 Å². The van der Waals surface area contributed by atoms with E-state index in [1.165, 1.54) is 32.4 Å². The van der Waals surface area contributed by atoms with Crippen molar-refractivity contribution in [3.63, 3.8) is 0 Å². The third-order valence-electron chi connectivity index (χ3n) is 5.24. The van der Waals surface area contributed by atoms with Gasteiger partial charge in [-0.3, -0.25) is 9.80 Å². The lowest BCUT2D eigenvalue weighted by Gasteiger charge is -2.48. The fraction of sp³-hybridized carbons (Fsp3) is 1.00. The van der Waals surface area contributed by atoms with Crippen LogP contribution in [-0.2, 0) is 4.74 Å². The number of hydrogen-bond acceptors (Lipinski definition) is 4. The third kappa shape index (κ3) is 3.13. The molecule has 1 aliphatic heterocycles. The Morgan fingerprint density at radius 1 is 1.26 bits per heavy atom. The highest BCUT2D eigenvalue weighted by atomic mass is 16.5. The molecule has 1 heterocycles. The molecule has 2 rings (SSSR count). The van der Waals surface area contributed by atoms with Crippen molar-refractivity contribution in [1.29, 1.82) is 0 Å². The quantitative estimate of drug-likeness (QED) is 0.753. The van der Waals surface area contributed by atoms with Gasteiger partial charge < -0.3 is 10.5 Å². The van der Waals surface area contributed by atoms with Crippen LogP contribution in [0.3, 0.4) is 0 Å². The molecule has 1 aliphatic carbocycles. The average molecular weight is 269 g/mol. The minimum absolute atomic E-state index is 0.107. The second kappa shape index (κ2) is 6.53. The Hall–Kier alpha value is -0.160. The highest BCUT2D eigenvalue weighted by molar-refractivity contribution is 5.04. The summed E-state index contributed by atoms with van der Waals surface area (Å²) in [7, 11) is 1.81. The lowest BCUT2D eigenvalue weighted by atomic mass is 9.90. The van der Waals surface area contributed by atoms with Crippen LogP contribution in [0, 0.1) is 5.92 Å². The Morgan fingerprint density at radius 2 is 1.89 bits per heavy atom. The molecule has 2 unspecified atom stereocenters. The van der Waals surface area contributed by atoms with Gasteiger partial charge in [-0.05, 0) is 32.1 Å². The Balaban J connectivity index is 1.97. The molecule has 1 saturated heterocycles. The van der Waals surface area contributed by atoms with Gasteiger partial charge in [-0.2, -0.15) is 0 Å². The summed E-state index contributed by atoms with van der Waals surface area (Å²) in [6.07, 6.45) is 3.89. The van der Waals surface area contributed by atoms with Crippen molar-refractivity contribution in [2.45, 2.75) is 44.7 Å². The van der Waals surface area contributed by atoms with Gasteiger partial charge in [0.15, 0.2) is 0 Å². The lowest BCUT2D eigenvalue weighted by molar-refractivity contribution is -0.0325. The van der Waals surface area contributed by atoms with E-state index in [9.17, 15) is 0 Å². The molecular weight excluding hydrogens is 238 g/mol. The maximum absolute atomic E-state index is 6.15. The Labute approximate surface area is 118 Å². The molecule has 2 atom stereocenters. The fourth-order valence-corrected chi connectivity index (χ4v) is 3.56. The van der Waals surface area contributed by atoms with Crippen LogP contribution in [0.2, 0.25) is 0 Å². The summed E-state index contributed by atoms with van der Waals surface area (Å²) in [4.78, 5) is 5.23. The molecule has 2 N–H and O–H groups in total. The molecule has 4 nitrogen and oxygen atoms in total. The first-order chi connectivity index (χ1) is 9.17. The number of piperazine rings is 1. The molecule has 1 saturated carbocycles. The summed E-state index contributed by atoms with van der Waals surface area (Å²) in [6, 6.07) is 0.706. The van der Waals surface area contributed by atoms with Crippen molar-refractivity contribution in [3.8, 4) is 0 Å². The number of methoxy groups -OCH3 is 1. The van der Waals surface area contributed by atoms with E-state index < -0.39 is 0 Å². The Bertz CT molecular complexity index is 275. The number of nitrogens with zero attached hydrogens (tertiary/aromatic N) is 2. The zero-order valence-corrected chi connectivity index (χ0v) is 12.9. The fourth-order valence-electron chi connectivity index (χ4n) is 3.56. The smallest absolute Gasteiger partial charge is 0.0661 e. The SMILES string of the molecule is CCC(C)N1CCN(C(CN)(COC)C2CC2)CC1. The van der Waals surface area contributed by atoms with Crippen molar-refractivity contribution in [2.75, 3.05) is 46.4 Å². The standard InChI is InChI=1S/C15H31N3O/c1-4-13(2)17-7-9-18(10-8-17)15(11-16,12-19-3)14-5-6-14/h13-14H,4-12,16H2,1-3H3. The second-order valence-corrected chi connectivity index (χ2v) is 6.30. The first kappa shape index (κ1) is 15.2. The van der Waals surface area contributed by atoms with Crippen LogP contribution >= 0.6 is 0 Å². The molecule has 0 aromatic heterocycles. The van der Waals surface area contributed by atoms with Gasteiger partial charge in [0.1, 0.15) is 0 Å². The van der Waals surface area contributed by atoms with Crippen LogP contribution in [0.1, 0.15) is 33.1 Å². The zero-order valence-electron chi connectivity index (χ0n) is 12.9. The van der Waals surface area contributed by atoms with Gasteiger partial charge in [0.2, 0.25) is 0 Å². The molecule has 0 aromatic rings. The van der Waals surface area contributed by atoms with Gasteiger partial charge >= 0.3 is 0 Å². The Kier molecular flexibility index (Phi) is 5.23. The van der Waals surface area contributed by atoms with Crippen LogP contribution in [0.4, 0.5) is 0 Å². The first-order valence-corrected chi connectivity index (χ1v) is 7.86. The largest absolute Gasteiger partial charge is 0.383 e. The summed E-state index contributed by atoms with van der Waals surface area (Å²) in [5, 5.41) is 0. The van der Waals surface area contributed by atoms with Crippen LogP contribution in [0.15, 0.2) is 0 Å². The van der Waals surface area contributed by atoms with Crippen LogP contribution in [0.25, 0.3) is 0 Å². The van der Waals surface area contributed by atoms with Crippen molar-refractivity contribution in [1.82, 2.24) is 9.80 Å². The summed E-state index contributed by atoms with van der Waals surface area (Å²) >= 11 is 0. The number of ether oxygens (including phenoxy) is 1. The van der Waals surface area contributed by atoms with E-state index in [2.05, 4.69) is 23.6 Å². The second-order valence-electron chi connectivity index (χ2n) is 6.30. The van der Waals surface area contributed by atoms with E-state index in [4.69, 9.17) is 10.5 Å². The number of nitrogens with two attached hydrogens (primary N) is 1. The molecule has 0 aromatic carbocycles. The maximum Gasteiger partial charge on any atom is 0.0661 e. The predicted octanol–water partition coefficient (Wildman–Crippen LogP) is 1.16. The number of rotatable bonds is 7. The van der Waals surface area contributed by atoms with Crippen molar-refractivity contribution >= 4 is 0 Å². The first-order valence-electron chi connectivity index (χ1n) is 7.86. The topological polar surface area (TPSA) is 41.7 Å². The van der Waals surface area contributed by atoms with E-state index in [1.807, 2.05) is 7.11 Å². The highest BCUT2D eigenvalue weighted by Gasteiger charge is 2.49. The van der Waals surface area contributed by atoms with E-state index >= 15 is 0 Å². The molecule has 0 spiro atoms. The number of hydrogen-bond donors (Lipinski definition) is 1. The molecule has 0 bridgehead atoms. The molecule has 0 amide bonds. The highest BCUT2D eigenvalue weighted by Crippen LogP contribution is 2.43. The molecule has 2 fully saturated rings. The predicted molar refractivity (Wildman–Crippen MR) is 79.3 cm³/mol. The molecule has 4 heteroatoms. The summed E-state index contributed by atoms with van der Waals surface area (Å²) < 4.78 is 5.51. The van der Waals surface area contributed by atoms with Crippen LogP contribution in [0.5, 0.6) is 0 Å². The normalized spacial score (nSPS) is 27.2. The Morgan fingerprint density at radius 3 is 2.32 bits per heavy atom. The van der Waals surface area contributed by atoms with Gasteiger partial charge in [-0.25, -0.2) is 0 Å². The zero-order chi connectivity index (χ0) is 13.9. The maximum atomic E-state index is 6.15. The van der Waals surface area contributed by atoms with Crippen LogP contribution in [-0.4, -0.2) is 67.8 Å². The van der Waals surface area contributed by atoms with Crippen LogP contribution < -0.4 is 5.73 Å². The average Bonchev–Trinajstić information content (AvgIpc) is 3.29. The van der Waals surface area contributed by atoms with E-state index in [0.717, 1.165) is 32.2 Å². The van der Waals surface area contributed by atoms with E-state index in [0.29, 0.717) is 6.04 Å². The third-order valence-corrected chi connectivity index (χ3v) is 5.24. The van der Waals surface area contributed by atoms with Crippen molar-refractivity contribution < 1.29 is 4.74 Å². The minimum Gasteiger partial charge on any atom is -0.383 e. The summed E-state index contributed by atoms with van der Waals surface area (Å²) in [6.45, 7) is 10.8. The summed E-state index contributed by atoms with van der Waals surface area (Å²) in [5.74, 6) is 0.757. The van der Waals surface area contributed by atoms with Crippen molar-refractivity contribution in [2.24, 2.45) is 11.7 Å². The molecule has 112 valence electrons. The van der Waals surface area contributed by atoms with Gasteiger partial charge in [0.05, 0.1) is 12.1 Å². The minimum atomic E-state index is 0.107. The molecule has 19 heavy (non-hydrogen) atoms. The summed E-state index contributed by atoms with van der Waals surface area (Å²) in [5.41, 5.74) is 6.26. The molecule has 2 aliphatic rings. The lowest BCUT2D eigenvalue weighted by Crippen LogP contribution is -2.64. The van der Waals surface area contributed by atoms with Gasteiger partial charge in [0, 0.05) is 45.9 Å². The van der Waals surface area contributed by atoms with Gasteiger partial charge in [0.25, 0.3) is 0 Å². The van der Waals surface area contributed by atoms with E-state index in [1.54, 1.807) is 0 Å².